The molecule has 0 radical (unpaired) electrons. The summed E-state index contributed by atoms with van der Waals surface area (Å²) in [5, 5.41) is 2.99. The summed E-state index contributed by atoms with van der Waals surface area (Å²) in [6.45, 7) is 3.65. The Morgan fingerprint density at radius 3 is 2.56 bits per heavy atom. The summed E-state index contributed by atoms with van der Waals surface area (Å²) < 4.78 is 6.60. The molecule has 0 spiro atoms. The molecule has 1 saturated heterocycles. The van der Waals surface area contributed by atoms with E-state index in [9.17, 15) is 4.79 Å². The van der Waals surface area contributed by atoms with Crippen LogP contribution in [0.3, 0.4) is 0 Å². The number of carbonyl (C=O) groups is 1. The second-order valence-electron chi connectivity index (χ2n) is 8.09. The molecule has 0 saturated carbocycles. The number of halogens is 1. The maximum Gasteiger partial charge on any atom is 0.251 e. The van der Waals surface area contributed by atoms with E-state index in [-0.39, 0.29) is 5.91 Å². The van der Waals surface area contributed by atoms with E-state index in [2.05, 4.69) is 55.4 Å². The van der Waals surface area contributed by atoms with Gasteiger partial charge in [-0.3, -0.25) is 4.79 Å². The van der Waals surface area contributed by atoms with Gasteiger partial charge in [-0.05, 0) is 47.5 Å². The second-order valence-corrected chi connectivity index (χ2v) is 9.01. The molecule has 2 N–H and O–H groups in total. The first-order valence-electron chi connectivity index (χ1n) is 10.7. The van der Waals surface area contributed by atoms with Crippen molar-refractivity contribution in [2.45, 2.75) is 6.54 Å². The van der Waals surface area contributed by atoms with Gasteiger partial charge in [0.15, 0.2) is 0 Å². The third-order valence-corrected chi connectivity index (χ3v) is 6.73. The Kier molecular flexibility index (Phi) is 4.73. The maximum absolute atomic E-state index is 12.4. The van der Waals surface area contributed by atoms with Gasteiger partial charge in [0.1, 0.15) is 5.82 Å². The molecular formula is C25H21BrN4O2. The average Bonchev–Trinajstić information content (AvgIpc) is 3.42. The minimum atomic E-state index is -0.00470. The number of H-pyrrole nitrogens is 1. The smallest absolute Gasteiger partial charge is 0.251 e. The number of benzene rings is 3. The van der Waals surface area contributed by atoms with Crippen molar-refractivity contribution in [3.63, 3.8) is 0 Å². The zero-order valence-electron chi connectivity index (χ0n) is 17.3. The summed E-state index contributed by atoms with van der Waals surface area (Å²) in [7, 11) is 0. The van der Waals surface area contributed by atoms with Gasteiger partial charge in [-0.2, -0.15) is 0 Å². The van der Waals surface area contributed by atoms with E-state index in [1.54, 1.807) is 0 Å². The van der Waals surface area contributed by atoms with Crippen molar-refractivity contribution in [3.8, 4) is 22.5 Å². The molecular weight excluding hydrogens is 468 g/mol. The Morgan fingerprint density at radius 2 is 1.75 bits per heavy atom. The number of fused-ring (bicyclic) bond motifs is 2. The number of nitrogens with one attached hydrogen (secondary N) is 2. The number of rotatable bonds is 3. The molecule has 6 rings (SSSR count). The molecule has 4 aromatic rings. The Morgan fingerprint density at radius 1 is 0.969 bits per heavy atom. The quantitative estimate of drug-likeness (QED) is 0.436. The predicted molar refractivity (Wildman–Crippen MR) is 129 cm³/mol. The van der Waals surface area contributed by atoms with Crippen LogP contribution in [0.25, 0.3) is 33.5 Å². The topological polar surface area (TPSA) is 70.2 Å². The van der Waals surface area contributed by atoms with Crippen molar-refractivity contribution in [1.82, 2.24) is 15.3 Å². The van der Waals surface area contributed by atoms with E-state index < -0.39 is 0 Å². The van der Waals surface area contributed by atoms with E-state index >= 15 is 0 Å². The molecule has 0 aliphatic carbocycles. The molecule has 32 heavy (non-hydrogen) atoms. The lowest BCUT2D eigenvalue weighted by Crippen LogP contribution is -2.36. The number of anilines is 1. The maximum atomic E-state index is 12.4. The Labute approximate surface area is 193 Å². The summed E-state index contributed by atoms with van der Waals surface area (Å²) in [4.78, 5) is 23.0. The van der Waals surface area contributed by atoms with Crippen molar-refractivity contribution < 1.29 is 9.53 Å². The van der Waals surface area contributed by atoms with Crippen molar-refractivity contribution in [3.05, 3.63) is 70.2 Å². The molecule has 2 aliphatic heterocycles. The Bertz CT molecular complexity index is 1340. The zero-order valence-corrected chi connectivity index (χ0v) is 18.9. The Hall–Kier alpha value is -3.16. The summed E-state index contributed by atoms with van der Waals surface area (Å²) >= 11 is 3.48. The minimum absolute atomic E-state index is 0.00470. The number of ether oxygens (including phenoxy) is 1. The monoisotopic (exact) mass is 488 g/mol. The number of aromatic nitrogens is 2. The van der Waals surface area contributed by atoms with Crippen LogP contribution in [0.4, 0.5) is 5.69 Å². The van der Waals surface area contributed by atoms with Gasteiger partial charge in [-0.15, -0.1) is 0 Å². The van der Waals surface area contributed by atoms with E-state index in [0.29, 0.717) is 19.8 Å². The largest absolute Gasteiger partial charge is 0.378 e. The van der Waals surface area contributed by atoms with Crippen LogP contribution in [0.2, 0.25) is 0 Å². The van der Waals surface area contributed by atoms with Gasteiger partial charge in [0.2, 0.25) is 0 Å². The van der Waals surface area contributed by atoms with Crippen LogP contribution in [-0.2, 0) is 11.3 Å². The lowest BCUT2D eigenvalue weighted by molar-refractivity contribution is 0.0965. The van der Waals surface area contributed by atoms with Crippen LogP contribution in [0.1, 0.15) is 15.9 Å². The van der Waals surface area contributed by atoms with Gasteiger partial charge < -0.3 is 19.9 Å². The van der Waals surface area contributed by atoms with Crippen LogP contribution < -0.4 is 10.2 Å². The molecule has 1 aromatic heterocycles. The molecule has 1 fully saturated rings. The Balaban J connectivity index is 1.49. The number of hydrogen-bond acceptors (Lipinski definition) is 4. The summed E-state index contributed by atoms with van der Waals surface area (Å²) in [5.41, 5.74) is 8.10. The standard InChI is InChI=1S/C25H21BrN4O2/c26-17-4-1-15(2-5-17)24-28-20-7-3-16(13-21(20)29-24)23-19-14-27-25(31)18(19)6-8-22(23)30-9-11-32-12-10-30/h1-8,13H,9-12,14H2,(H,27,31)(H,28,29). The van der Waals surface area contributed by atoms with Crippen LogP contribution >= 0.6 is 15.9 Å². The number of hydrogen-bond donors (Lipinski definition) is 2. The predicted octanol–water partition coefficient (Wildman–Crippen LogP) is 4.74. The van der Waals surface area contributed by atoms with Gasteiger partial charge in [0, 0.05) is 46.5 Å². The van der Waals surface area contributed by atoms with E-state index in [0.717, 1.165) is 67.9 Å². The van der Waals surface area contributed by atoms with E-state index in [4.69, 9.17) is 9.72 Å². The van der Waals surface area contributed by atoms with Gasteiger partial charge in [0.05, 0.1) is 24.2 Å². The van der Waals surface area contributed by atoms with Crippen molar-refractivity contribution in [2.24, 2.45) is 0 Å². The third-order valence-electron chi connectivity index (χ3n) is 6.20. The lowest BCUT2D eigenvalue weighted by Gasteiger charge is -2.31. The number of aromatic amines is 1. The molecule has 6 nitrogen and oxygen atoms in total. The first-order chi connectivity index (χ1) is 15.7. The first-order valence-corrected chi connectivity index (χ1v) is 11.5. The summed E-state index contributed by atoms with van der Waals surface area (Å²) in [5.74, 6) is 0.836. The molecule has 0 atom stereocenters. The molecule has 160 valence electrons. The minimum Gasteiger partial charge on any atom is -0.378 e. The molecule has 3 aromatic carbocycles. The SMILES string of the molecule is O=C1NCc2c1ccc(N1CCOCC1)c2-c1ccc2nc(-c3ccc(Br)cc3)[nH]c2c1. The summed E-state index contributed by atoms with van der Waals surface area (Å²) in [6.07, 6.45) is 0. The molecule has 1 amide bonds. The lowest BCUT2D eigenvalue weighted by atomic mass is 9.94. The second kappa shape index (κ2) is 7.76. The zero-order chi connectivity index (χ0) is 21.7. The highest BCUT2D eigenvalue weighted by Gasteiger charge is 2.27. The summed E-state index contributed by atoms with van der Waals surface area (Å²) in [6, 6.07) is 18.4. The fourth-order valence-corrected chi connectivity index (χ4v) is 4.86. The number of imidazole rings is 1. The fourth-order valence-electron chi connectivity index (χ4n) is 4.60. The van der Waals surface area contributed by atoms with Crippen LogP contribution in [0.5, 0.6) is 0 Å². The van der Waals surface area contributed by atoms with Gasteiger partial charge in [0.25, 0.3) is 5.91 Å². The molecule has 0 unspecified atom stereocenters. The van der Waals surface area contributed by atoms with E-state index in [1.807, 2.05) is 30.3 Å². The van der Waals surface area contributed by atoms with Gasteiger partial charge >= 0.3 is 0 Å². The third kappa shape index (κ3) is 3.29. The van der Waals surface area contributed by atoms with Gasteiger partial charge in [-0.25, -0.2) is 4.98 Å². The molecule has 0 bridgehead atoms. The number of nitrogens with zero attached hydrogens (tertiary/aromatic N) is 2. The van der Waals surface area contributed by atoms with Crippen molar-refractivity contribution >= 4 is 38.6 Å². The highest BCUT2D eigenvalue weighted by atomic mass is 79.9. The highest BCUT2D eigenvalue weighted by Crippen LogP contribution is 2.39. The normalized spacial score (nSPS) is 15.8. The average molecular weight is 489 g/mol. The number of amides is 1. The van der Waals surface area contributed by atoms with Crippen LogP contribution in [0.15, 0.2) is 59.1 Å². The molecule has 7 heteroatoms. The van der Waals surface area contributed by atoms with Gasteiger partial charge in [-0.1, -0.05) is 34.1 Å². The van der Waals surface area contributed by atoms with E-state index in [1.165, 1.54) is 0 Å². The van der Waals surface area contributed by atoms with Crippen LogP contribution in [-0.4, -0.2) is 42.2 Å². The number of morpholine rings is 1. The highest BCUT2D eigenvalue weighted by molar-refractivity contribution is 9.10. The number of carbonyl (C=O) groups excluding carboxylic acids is 1. The molecule has 3 heterocycles. The fraction of sp³-hybridized carbons (Fsp3) is 0.200. The van der Waals surface area contributed by atoms with Crippen molar-refractivity contribution in [1.29, 1.82) is 0 Å². The van der Waals surface area contributed by atoms with Crippen molar-refractivity contribution in [2.75, 3.05) is 31.2 Å². The van der Waals surface area contributed by atoms with Crippen LogP contribution in [0, 0.1) is 0 Å². The first kappa shape index (κ1) is 19.5. The molecule has 2 aliphatic rings.